The van der Waals surface area contributed by atoms with Crippen LogP contribution < -0.4 is 0 Å². The van der Waals surface area contributed by atoms with E-state index in [9.17, 15) is 0 Å². The zero-order chi connectivity index (χ0) is 12.6. The van der Waals surface area contributed by atoms with Crippen LogP contribution in [0.5, 0.6) is 0 Å². The molecular formula is C17H34. The number of rotatable bonds is 1. The smallest absolute Gasteiger partial charge is 0.0380 e. The highest BCUT2D eigenvalue weighted by Gasteiger charge is 2.18. The average Bonchev–Trinajstić information content (AvgIpc) is 2.20. The molecule has 0 aromatic heterocycles. The molecule has 0 heterocycles. The third-order valence-corrected chi connectivity index (χ3v) is 4.13. The molecule has 0 amide bonds. The summed E-state index contributed by atoms with van der Waals surface area (Å²) in [4.78, 5) is 0. The van der Waals surface area contributed by atoms with Gasteiger partial charge in [-0.15, -0.1) is 0 Å². The Hall–Kier alpha value is 0. The van der Waals surface area contributed by atoms with Crippen molar-refractivity contribution < 1.29 is 0 Å². The topological polar surface area (TPSA) is 0 Å². The Morgan fingerprint density at radius 1 is 0.647 bits per heavy atom. The summed E-state index contributed by atoms with van der Waals surface area (Å²) in [7, 11) is 0. The zero-order valence-corrected chi connectivity index (χ0v) is 12.6. The van der Waals surface area contributed by atoms with Gasteiger partial charge in [-0.2, -0.15) is 0 Å². The molecule has 1 saturated carbocycles. The quantitative estimate of drug-likeness (QED) is 0.500. The highest BCUT2D eigenvalue weighted by Crippen LogP contribution is 2.31. The van der Waals surface area contributed by atoms with E-state index < -0.39 is 0 Å². The predicted molar refractivity (Wildman–Crippen MR) is 78.3 cm³/mol. The molecule has 0 spiro atoms. The van der Waals surface area contributed by atoms with E-state index in [1.807, 2.05) is 0 Å². The largest absolute Gasteiger partial charge is 0.0602 e. The van der Waals surface area contributed by atoms with Crippen molar-refractivity contribution in [2.45, 2.75) is 97.8 Å². The van der Waals surface area contributed by atoms with Crippen molar-refractivity contribution in [2.24, 2.45) is 11.3 Å². The summed E-state index contributed by atoms with van der Waals surface area (Å²) in [6, 6.07) is 0. The molecule has 1 fully saturated rings. The Morgan fingerprint density at radius 3 is 1.35 bits per heavy atom. The Bertz CT molecular complexity index is 163. The fourth-order valence-corrected chi connectivity index (χ4v) is 3.32. The van der Waals surface area contributed by atoms with E-state index in [1.165, 1.54) is 77.0 Å². The van der Waals surface area contributed by atoms with Crippen molar-refractivity contribution in [2.75, 3.05) is 0 Å². The molecule has 0 atom stereocenters. The van der Waals surface area contributed by atoms with E-state index in [2.05, 4.69) is 20.8 Å². The van der Waals surface area contributed by atoms with E-state index >= 15 is 0 Å². The van der Waals surface area contributed by atoms with Crippen molar-refractivity contribution in [1.82, 2.24) is 0 Å². The minimum atomic E-state index is 0.529. The van der Waals surface area contributed by atoms with Crippen LogP contribution in [0.2, 0.25) is 0 Å². The van der Waals surface area contributed by atoms with Crippen LogP contribution >= 0.6 is 0 Å². The van der Waals surface area contributed by atoms with Gasteiger partial charge in [-0.25, -0.2) is 0 Å². The van der Waals surface area contributed by atoms with Gasteiger partial charge < -0.3 is 0 Å². The van der Waals surface area contributed by atoms with Crippen LogP contribution in [-0.4, -0.2) is 0 Å². The molecule has 1 aliphatic rings. The summed E-state index contributed by atoms with van der Waals surface area (Å²) in [6.45, 7) is 7.22. The van der Waals surface area contributed by atoms with Crippen LogP contribution in [0, 0.1) is 11.3 Å². The minimum absolute atomic E-state index is 0.529. The lowest BCUT2D eigenvalue weighted by molar-refractivity contribution is 0.258. The second-order valence-electron chi connectivity index (χ2n) is 7.39. The van der Waals surface area contributed by atoms with Gasteiger partial charge in [0.1, 0.15) is 0 Å². The molecule has 0 N–H and O–H groups in total. The van der Waals surface area contributed by atoms with Gasteiger partial charge in [0, 0.05) is 0 Å². The molecule has 0 aliphatic heterocycles. The van der Waals surface area contributed by atoms with Gasteiger partial charge >= 0.3 is 0 Å². The van der Waals surface area contributed by atoms with Crippen molar-refractivity contribution in [3.8, 4) is 0 Å². The van der Waals surface area contributed by atoms with Crippen LogP contribution in [-0.2, 0) is 0 Å². The van der Waals surface area contributed by atoms with E-state index in [0.717, 1.165) is 5.92 Å². The molecule has 0 unspecified atom stereocenters. The Morgan fingerprint density at radius 2 is 1.00 bits per heavy atom. The van der Waals surface area contributed by atoms with E-state index in [0.29, 0.717) is 5.41 Å². The highest BCUT2D eigenvalue weighted by molar-refractivity contribution is 4.70. The normalized spacial score (nSPS) is 22.8. The van der Waals surface area contributed by atoms with Crippen LogP contribution in [0.4, 0.5) is 0 Å². The molecule has 17 heavy (non-hydrogen) atoms. The summed E-state index contributed by atoms with van der Waals surface area (Å²) in [5, 5.41) is 0. The van der Waals surface area contributed by atoms with Gasteiger partial charge in [-0.1, -0.05) is 91.4 Å². The summed E-state index contributed by atoms with van der Waals surface area (Å²) in [5.74, 6) is 1.01. The fraction of sp³-hybridized carbons (Fsp3) is 1.00. The lowest BCUT2D eigenvalue weighted by atomic mass is 9.80. The van der Waals surface area contributed by atoms with E-state index in [-0.39, 0.29) is 0 Å². The minimum Gasteiger partial charge on any atom is -0.0602 e. The first-order valence-electron chi connectivity index (χ1n) is 8.08. The van der Waals surface area contributed by atoms with Gasteiger partial charge in [0.2, 0.25) is 0 Å². The first-order chi connectivity index (χ1) is 8.08. The molecule has 1 rings (SSSR count). The third-order valence-electron chi connectivity index (χ3n) is 4.13. The molecule has 1 aliphatic carbocycles. The summed E-state index contributed by atoms with van der Waals surface area (Å²) < 4.78 is 0. The van der Waals surface area contributed by atoms with Gasteiger partial charge in [-0.05, 0) is 17.8 Å². The van der Waals surface area contributed by atoms with Gasteiger partial charge in [0.25, 0.3) is 0 Å². The summed E-state index contributed by atoms with van der Waals surface area (Å²) in [6.07, 6.45) is 17.8. The third kappa shape index (κ3) is 8.69. The maximum absolute atomic E-state index is 2.41. The predicted octanol–water partition coefficient (Wildman–Crippen LogP) is 6.34. The van der Waals surface area contributed by atoms with Crippen molar-refractivity contribution in [3.05, 3.63) is 0 Å². The zero-order valence-electron chi connectivity index (χ0n) is 12.6. The SMILES string of the molecule is CC(C)(C)CC1CCCCCCCCCCC1. The molecule has 0 nitrogen and oxygen atoms in total. The van der Waals surface area contributed by atoms with Crippen molar-refractivity contribution >= 4 is 0 Å². The summed E-state index contributed by atoms with van der Waals surface area (Å²) in [5.41, 5.74) is 0.529. The molecule has 102 valence electrons. The molecule has 0 bridgehead atoms. The fourth-order valence-electron chi connectivity index (χ4n) is 3.32. The van der Waals surface area contributed by atoms with Crippen molar-refractivity contribution in [3.63, 3.8) is 0 Å². The van der Waals surface area contributed by atoms with Crippen molar-refractivity contribution in [1.29, 1.82) is 0 Å². The van der Waals surface area contributed by atoms with Gasteiger partial charge in [0.15, 0.2) is 0 Å². The first kappa shape index (κ1) is 15.1. The molecule has 0 radical (unpaired) electrons. The maximum atomic E-state index is 2.41. The Kier molecular flexibility index (Phi) is 7.23. The molecule has 0 heteroatoms. The lowest BCUT2D eigenvalue weighted by Gasteiger charge is -2.26. The second-order valence-corrected chi connectivity index (χ2v) is 7.39. The lowest BCUT2D eigenvalue weighted by Crippen LogP contribution is -2.13. The van der Waals surface area contributed by atoms with Crippen LogP contribution in [0.3, 0.4) is 0 Å². The average molecular weight is 238 g/mol. The second kappa shape index (κ2) is 8.16. The Balaban J connectivity index is 2.32. The molecule has 0 aromatic rings. The summed E-state index contributed by atoms with van der Waals surface area (Å²) >= 11 is 0. The molecular weight excluding hydrogens is 204 g/mol. The van der Waals surface area contributed by atoms with Crippen LogP contribution in [0.15, 0.2) is 0 Å². The number of hydrogen-bond acceptors (Lipinski definition) is 0. The Labute approximate surface area is 110 Å². The van der Waals surface area contributed by atoms with Crippen LogP contribution in [0.25, 0.3) is 0 Å². The van der Waals surface area contributed by atoms with E-state index in [4.69, 9.17) is 0 Å². The van der Waals surface area contributed by atoms with Crippen LogP contribution in [0.1, 0.15) is 97.8 Å². The molecule has 0 saturated heterocycles. The molecule has 0 aromatic carbocycles. The first-order valence-corrected chi connectivity index (χ1v) is 8.08. The highest BCUT2D eigenvalue weighted by atomic mass is 14.2. The standard InChI is InChI=1S/C17H34/c1-17(2,3)15-16-13-11-9-7-5-4-6-8-10-12-14-16/h16H,4-15H2,1-3H3. The van der Waals surface area contributed by atoms with Gasteiger partial charge in [-0.3, -0.25) is 0 Å². The van der Waals surface area contributed by atoms with E-state index in [1.54, 1.807) is 0 Å². The van der Waals surface area contributed by atoms with Gasteiger partial charge in [0.05, 0.1) is 0 Å². The maximum Gasteiger partial charge on any atom is -0.0380 e. The number of hydrogen-bond donors (Lipinski definition) is 0. The monoisotopic (exact) mass is 238 g/mol.